The van der Waals surface area contributed by atoms with Crippen LogP contribution in [-0.2, 0) is 4.79 Å². The molecule has 1 saturated heterocycles. The van der Waals surface area contributed by atoms with Crippen LogP contribution in [0.25, 0.3) is 0 Å². The summed E-state index contributed by atoms with van der Waals surface area (Å²) < 4.78 is 0. The number of hydrogen-bond acceptors (Lipinski definition) is 2. The molecule has 0 aromatic heterocycles. The average Bonchev–Trinajstić information content (AvgIpc) is 2.27. The van der Waals surface area contributed by atoms with Crippen molar-refractivity contribution in [3.63, 3.8) is 0 Å². The minimum atomic E-state index is -0.252. The van der Waals surface area contributed by atoms with Crippen molar-refractivity contribution in [2.75, 3.05) is 18.5 Å². The van der Waals surface area contributed by atoms with Crippen LogP contribution >= 0.6 is 0 Å². The van der Waals surface area contributed by atoms with Gasteiger partial charge in [-0.2, -0.15) is 0 Å². The number of imide groups is 1. The summed E-state index contributed by atoms with van der Waals surface area (Å²) in [5.74, 6) is -0.118. The Labute approximate surface area is 88.1 Å². The van der Waals surface area contributed by atoms with Crippen molar-refractivity contribution in [2.24, 2.45) is 0 Å². The van der Waals surface area contributed by atoms with Crippen LogP contribution in [-0.4, -0.2) is 30.4 Å². The van der Waals surface area contributed by atoms with E-state index in [-0.39, 0.29) is 11.9 Å². The number of anilines is 1. The maximum absolute atomic E-state index is 11.8. The van der Waals surface area contributed by atoms with Gasteiger partial charge in [0, 0.05) is 25.7 Å². The fourth-order valence-corrected chi connectivity index (χ4v) is 1.61. The minimum absolute atomic E-state index is 0.118. The number of rotatable bonds is 1. The van der Waals surface area contributed by atoms with E-state index in [1.807, 2.05) is 30.3 Å². The summed E-state index contributed by atoms with van der Waals surface area (Å²) in [5, 5.41) is 0. The largest absolute Gasteiger partial charge is 0.330 e. The number of hydrogen-bond donors (Lipinski definition) is 0. The van der Waals surface area contributed by atoms with Gasteiger partial charge in [-0.25, -0.2) is 4.79 Å². The first kappa shape index (κ1) is 9.71. The molecule has 4 heteroatoms. The fraction of sp³-hybridized carbons (Fsp3) is 0.273. The molecule has 0 unspecified atom stereocenters. The molecule has 0 radical (unpaired) electrons. The van der Waals surface area contributed by atoms with Crippen molar-refractivity contribution in [3.8, 4) is 0 Å². The first-order valence-corrected chi connectivity index (χ1v) is 4.83. The molecule has 2 rings (SSSR count). The van der Waals surface area contributed by atoms with Crippen molar-refractivity contribution >= 4 is 17.6 Å². The molecule has 0 bridgehead atoms. The van der Waals surface area contributed by atoms with E-state index in [1.165, 1.54) is 7.05 Å². The van der Waals surface area contributed by atoms with E-state index in [2.05, 4.69) is 0 Å². The van der Waals surface area contributed by atoms with Gasteiger partial charge in [-0.1, -0.05) is 18.2 Å². The molecule has 1 aliphatic rings. The predicted octanol–water partition coefficient (Wildman–Crippen LogP) is 1.48. The molecule has 0 aliphatic carbocycles. The second-order valence-corrected chi connectivity index (χ2v) is 3.47. The topological polar surface area (TPSA) is 40.6 Å². The zero-order chi connectivity index (χ0) is 10.8. The van der Waals surface area contributed by atoms with Gasteiger partial charge >= 0.3 is 6.03 Å². The molecule has 15 heavy (non-hydrogen) atoms. The maximum atomic E-state index is 11.8. The summed E-state index contributed by atoms with van der Waals surface area (Å²) in [5.41, 5.74) is 0.835. The minimum Gasteiger partial charge on any atom is -0.293 e. The molecule has 1 heterocycles. The number of benzene rings is 1. The number of carbonyl (C=O) groups excluding carboxylic acids is 2. The molecular weight excluding hydrogens is 192 g/mol. The van der Waals surface area contributed by atoms with Crippen molar-refractivity contribution < 1.29 is 9.59 Å². The van der Waals surface area contributed by atoms with Gasteiger partial charge in [0.1, 0.15) is 0 Å². The van der Waals surface area contributed by atoms with Crippen LogP contribution in [0.2, 0.25) is 0 Å². The molecule has 0 N–H and O–H groups in total. The van der Waals surface area contributed by atoms with E-state index in [9.17, 15) is 9.59 Å². The highest BCUT2D eigenvalue weighted by atomic mass is 16.2. The van der Waals surface area contributed by atoms with Gasteiger partial charge in [0.2, 0.25) is 5.91 Å². The Morgan fingerprint density at radius 2 is 1.80 bits per heavy atom. The van der Waals surface area contributed by atoms with Gasteiger partial charge < -0.3 is 0 Å². The molecule has 0 spiro atoms. The monoisotopic (exact) mass is 204 g/mol. The summed E-state index contributed by atoms with van der Waals surface area (Å²) in [6.07, 6.45) is 0.386. The highest BCUT2D eigenvalue weighted by molar-refractivity contribution is 6.05. The van der Waals surface area contributed by atoms with Gasteiger partial charge in [-0.05, 0) is 12.1 Å². The maximum Gasteiger partial charge on any atom is 0.330 e. The van der Waals surface area contributed by atoms with E-state index < -0.39 is 0 Å². The molecule has 1 aliphatic heterocycles. The van der Waals surface area contributed by atoms with Crippen molar-refractivity contribution in [3.05, 3.63) is 30.3 Å². The quantitative estimate of drug-likeness (QED) is 0.695. The number of carbonyl (C=O) groups is 2. The molecule has 1 aromatic carbocycles. The smallest absolute Gasteiger partial charge is 0.293 e. The summed E-state index contributed by atoms with van der Waals surface area (Å²) >= 11 is 0. The zero-order valence-corrected chi connectivity index (χ0v) is 8.51. The van der Waals surface area contributed by atoms with Gasteiger partial charge in [0.15, 0.2) is 0 Å². The summed E-state index contributed by atoms with van der Waals surface area (Å²) in [7, 11) is 1.51. The van der Waals surface area contributed by atoms with Gasteiger partial charge in [-0.15, -0.1) is 0 Å². The SMILES string of the molecule is CN1C(=O)CCN(c2ccccc2)C1=O. The first-order valence-electron chi connectivity index (χ1n) is 4.83. The highest BCUT2D eigenvalue weighted by Crippen LogP contribution is 2.18. The Morgan fingerprint density at radius 3 is 2.47 bits per heavy atom. The summed E-state index contributed by atoms with van der Waals surface area (Å²) in [6, 6.07) is 9.12. The number of amides is 3. The number of urea groups is 1. The van der Waals surface area contributed by atoms with Crippen LogP contribution in [0.5, 0.6) is 0 Å². The summed E-state index contributed by atoms with van der Waals surface area (Å²) in [4.78, 5) is 25.8. The van der Waals surface area contributed by atoms with E-state index in [0.29, 0.717) is 13.0 Å². The summed E-state index contributed by atoms with van der Waals surface area (Å²) in [6.45, 7) is 0.464. The average molecular weight is 204 g/mol. The molecular formula is C11H12N2O2. The molecule has 4 nitrogen and oxygen atoms in total. The third kappa shape index (κ3) is 1.70. The number of nitrogens with zero attached hydrogens (tertiary/aromatic N) is 2. The van der Waals surface area contributed by atoms with Gasteiger partial charge in [-0.3, -0.25) is 14.6 Å². The number of para-hydroxylation sites is 1. The van der Waals surface area contributed by atoms with E-state index >= 15 is 0 Å². The standard InChI is InChI=1S/C11H12N2O2/c1-12-10(14)7-8-13(11(12)15)9-5-3-2-4-6-9/h2-6H,7-8H2,1H3. The van der Waals surface area contributed by atoms with E-state index in [1.54, 1.807) is 4.90 Å². The lowest BCUT2D eigenvalue weighted by Crippen LogP contribution is -2.50. The Kier molecular flexibility index (Phi) is 2.41. The Bertz CT molecular complexity index is 389. The van der Waals surface area contributed by atoms with Crippen LogP contribution in [0.1, 0.15) is 6.42 Å². The van der Waals surface area contributed by atoms with Crippen LogP contribution in [0.3, 0.4) is 0 Å². The Morgan fingerprint density at radius 1 is 1.13 bits per heavy atom. The molecule has 78 valence electrons. The van der Waals surface area contributed by atoms with Gasteiger partial charge in [0.05, 0.1) is 0 Å². The van der Waals surface area contributed by atoms with Crippen LogP contribution in [0.4, 0.5) is 10.5 Å². The van der Waals surface area contributed by atoms with Crippen molar-refractivity contribution in [2.45, 2.75) is 6.42 Å². The van der Waals surface area contributed by atoms with Gasteiger partial charge in [0.25, 0.3) is 0 Å². The van der Waals surface area contributed by atoms with Crippen molar-refractivity contribution in [1.29, 1.82) is 0 Å². The normalized spacial score (nSPS) is 17.1. The predicted molar refractivity (Wildman–Crippen MR) is 56.6 cm³/mol. The van der Waals surface area contributed by atoms with Crippen LogP contribution in [0, 0.1) is 0 Å². The zero-order valence-electron chi connectivity index (χ0n) is 8.51. The lowest BCUT2D eigenvalue weighted by molar-refractivity contribution is -0.127. The lowest BCUT2D eigenvalue weighted by Gasteiger charge is -2.31. The molecule has 0 atom stereocenters. The second-order valence-electron chi connectivity index (χ2n) is 3.47. The third-order valence-corrected chi connectivity index (χ3v) is 2.51. The highest BCUT2D eigenvalue weighted by Gasteiger charge is 2.29. The second kappa shape index (κ2) is 3.73. The van der Waals surface area contributed by atoms with Crippen LogP contribution in [0.15, 0.2) is 30.3 Å². The first-order chi connectivity index (χ1) is 7.20. The van der Waals surface area contributed by atoms with Crippen LogP contribution < -0.4 is 4.90 Å². The lowest BCUT2D eigenvalue weighted by atomic mass is 10.2. The van der Waals surface area contributed by atoms with E-state index in [0.717, 1.165) is 10.6 Å². The Hall–Kier alpha value is -1.84. The molecule has 3 amide bonds. The Balaban J connectivity index is 2.25. The molecule has 1 aromatic rings. The fourth-order valence-electron chi connectivity index (χ4n) is 1.61. The molecule has 1 fully saturated rings. The van der Waals surface area contributed by atoms with E-state index in [4.69, 9.17) is 0 Å². The molecule has 0 saturated carbocycles. The van der Waals surface area contributed by atoms with Crippen molar-refractivity contribution in [1.82, 2.24) is 4.90 Å². The third-order valence-electron chi connectivity index (χ3n) is 2.51.